The second kappa shape index (κ2) is 5.29. The topological polar surface area (TPSA) is 46.2 Å². The minimum absolute atomic E-state index is 0.142. The minimum atomic E-state index is -0.142. The van der Waals surface area contributed by atoms with E-state index in [9.17, 15) is 9.59 Å². The number of benzene rings is 2. The van der Waals surface area contributed by atoms with Gasteiger partial charge in [-0.2, -0.15) is 0 Å². The summed E-state index contributed by atoms with van der Waals surface area (Å²) in [6.45, 7) is 0. The van der Waals surface area contributed by atoms with Gasteiger partial charge in [0.15, 0.2) is 5.78 Å². The Hall–Kier alpha value is -2.42. The molecule has 1 amide bonds. The van der Waals surface area contributed by atoms with Crippen molar-refractivity contribution in [3.63, 3.8) is 0 Å². The van der Waals surface area contributed by atoms with Crippen molar-refractivity contribution in [2.75, 3.05) is 5.32 Å². The highest BCUT2D eigenvalue weighted by Gasteiger charge is 2.20. The molecule has 0 unspecified atom stereocenters. The van der Waals surface area contributed by atoms with E-state index in [1.54, 1.807) is 12.1 Å². The van der Waals surface area contributed by atoms with E-state index in [1.165, 1.54) is 0 Å². The molecule has 100 valence electrons. The van der Waals surface area contributed by atoms with Gasteiger partial charge in [-0.05, 0) is 36.6 Å². The van der Waals surface area contributed by atoms with Gasteiger partial charge in [-0.3, -0.25) is 9.59 Å². The van der Waals surface area contributed by atoms with E-state index in [2.05, 4.69) is 5.32 Å². The lowest BCUT2D eigenvalue weighted by atomic mass is 9.89. The smallest absolute Gasteiger partial charge is 0.255 e. The summed E-state index contributed by atoms with van der Waals surface area (Å²) in [5, 5.41) is 2.92. The van der Waals surface area contributed by atoms with Crippen LogP contribution < -0.4 is 5.32 Å². The van der Waals surface area contributed by atoms with Gasteiger partial charge in [-0.15, -0.1) is 0 Å². The summed E-state index contributed by atoms with van der Waals surface area (Å²) >= 11 is 0. The van der Waals surface area contributed by atoms with Crippen LogP contribution in [0.1, 0.15) is 39.1 Å². The molecule has 0 saturated carbocycles. The molecule has 2 aromatic rings. The summed E-state index contributed by atoms with van der Waals surface area (Å²) < 4.78 is 0. The third-order valence-electron chi connectivity index (χ3n) is 3.59. The van der Waals surface area contributed by atoms with E-state index in [0.29, 0.717) is 12.0 Å². The van der Waals surface area contributed by atoms with Gasteiger partial charge in [-0.1, -0.05) is 30.3 Å². The van der Waals surface area contributed by atoms with Crippen LogP contribution in [0.25, 0.3) is 0 Å². The maximum absolute atomic E-state index is 12.2. The number of carbonyl (C=O) groups excluding carboxylic acids is 2. The molecule has 3 heteroatoms. The van der Waals surface area contributed by atoms with Crippen molar-refractivity contribution in [3.8, 4) is 0 Å². The second-order valence-electron chi connectivity index (χ2n) is 4.93. The fraction of sp³-hybridized carbons (Fsp3) is 0.176. The average molecular weight is 265 g/mol. The number of fused-ring (bicyclic) bond motifs is 1. The molecule has 20 heavy (non-hydrogen) atoms. The quantitative estimate of drug-likeness (QED) is 0.903. The molecule has 0 aromatic heterocycles. The number of amides is 1. The molecule has 0 aliphatic heterocycles. The molecule has 3 rings (SSSR count). The zero-order chi connectivity index (χ0) is 13.9. The van der Waals surface area contributed by atoms with Gasteiger partial charge in [0.05, 0.1) is 0 Å². The highest BCUT2D eigenvalue weighted by atomic mass is 16.1. The van der Waals surface area contributed by atoms with E-state index in [1.807, 2.05) is 36.4 Å². The molecular weight excluding hydrogens is 250 g/mol. The van der Waals surface area contributed by atoms with Crippen LogP contribution in [0.4, 0.5) is 5.69 Å². The lowest BCUT2D eigenvalue weighted by Crippen LogP contribution is -2.17. The molecule has 0 spiro atoms. The first-order valence-electron chi connectivity index (χ1n) is 6.77. The summed E-state index contributed by atoms with van der Waals surface area (Å²) in [6, 6.07) is 14.6. The molecule has 0 radical (unpaired) electrons. The second-order valence-corrected chi connectivity index (χ2v) is 4.93. The summed E-state index contributed by atoms with van der Waals surface area (Å²) in [5.41, 5.74) is 3.09. The fourth-order valence-corrected chi connectivity index (χ4v) is 2.58. The van der Waals surface area contributed by atoms with Crippen LogP contribution in [0.3, 0.4) is 0 Å². The molecule has 1 N–H and O–H groups in total. The van der Waals surface area contributed by atoms with Crippen LogP contribution in [-0.2, 0) is 6.42 Å². The Balaban J connectivity index is 1.90. The van der Waals surface area contributed by atoms with E-state index in [4.69, 9.17) is 0 Å². The molecule has 0 fully saturated rings. The number of rotatable bonds is 2. The Labute approximate surface area is 117 Å². The standard InChI is InChI=1S/C17H15NO2/c19-16-11-5-8-13-14(16)9-4-10-15(13)18-17(20)12-6-2-1-3-7-12/h1-4,6-7,9-10H,5,8,11H2,(H,18,20). The fourth-order valence-electron chi connectivity index (χ4n) is 2.58. The number of hydrogen-bond donors (Lipinski definition) is 1. The lowest BCUT2D eigenvalue weighted by molar-refractivity contribution is 0.0970. The Kier molecular flexibility index (Phi) is 3.33. The van der Waals surface area contributed by atoms with Gasteiger partial charge < -0.3 is 5.32 Å². The maximum Gasteiger partial charge on any atom is 0.255 e. The van der Waals surface area contributed by atoms with Crippen molar-refractivity contribution >= 4 is 17.4 Å². The number of ketones is 1. The van der Waals surface area contributed by atoms with Crippen LogP contribution >= 0.6 is 0 Å². The van der Waals surface area contributed by atoms with Gasteiger partial charge in [0.2, 0.25) is 0 Å². The first-order chi connectivity index (χ1) is 9.75. The van der Waals surface area contributed by atoms with Crippen molar-refractivity contribution in [1.29, 1.82) is 0 Å². The number of anilines is 1. The first kappa shape index (κ1) is 12.6. The van der Waals surface area contributed by atoms with Gasteiger partial charge in [0.25, 0.3) is 5.91 Å². The summed E-state index contributed by atoms with van der Waals surface area (Å²) in [4.78, 5) is 24.1. The number of nitrogens with one attached hydrogen (secondary N) is 1. The van der Waals surface area contributed by atoms with Crippen molar-refractivity contribution in [3.05, 3.63) is 65.2 Å². The Morgan fingerprint density at radius 3 is 2.55 bits per heavy atom. The minimum Gasteiger partial charge on any atom is -0.322 e. The maximum atomic E-state index is 12.2. The highest BCUT2D eigenvalue weighted by Crippen LogP contribution is 2.28. The SMILES string of the molecule is O=C(Nc1cccc2c1CCCC2=O)c1ccccc1. The third kappa shape index (κ3) is 2.35. The molecular formula is C17H15NO2. The van der Waals surface area contributed by atoms with Crippen LogP contribution in [0.5, 0.6) is 0 Å². The largest absolute Gasteiger partial charge is 0.322 e. The van der Waals surface area contributed by atoms with Crippen molar-refractivity contribution in [1.82, 2.24) is 0 Å². The van der Waals surface area contributed by atoms with Crippen LogP contribution in [0.2, 0.25) is 0 Å². The van der Waals surface area contributed by atoms with Crippen LogP contribution in [0.15, 0.2) is 48.5 Å². The molecule has 0 bridgehead atoms. The molecule has 0 atom stereocenters. The van der Waals surface area contributed by atoms with E-state index in [0.717, 1.165) is 29.7 Å². The number of hydrogen-bond acceptors (Lipinski definition) is 2. The molecule has 3 nitrogen and oxygen atoms in total. The number of Topliss-reactive ketones (excluding diaryl/α,β-unsaturated/α-hetero) is 1. The predicted octanol–water partition coefficient (Wildman–Crippen LogP) is 3.46. The monoisotopic (exact) mass is 265 g/mol. The lowest BCUT2D eigenvalue weighted by Gasteiger charge is -2.18. The molecule has 0 saturated heterocycles. The predicted molar refractivity (Wildman–Crippen MR) is 78.1 cm³/mol. The van der Waals surface area contributed by atoms with E-state index in [-0.39, 0.29) is 11.7 Å². The zero-order valence-electron chi connectivity index (χ0n) is 11.1. The van der Waals surface area contributed by atoms with Gasteiger partial charge in [0.1, 0.15) is 0 Å². The first-order valence-corrected chi connectivity index (χ1v) is 6.77. The Bertz CT molecular complexity index is 662. The molecule has 1 aliphatic rings. The van der Waals surface area contributed by atoms with Crippen LogP contribution in [0, 0.1) is 0 Å². The van der Waals surface area contributed by atoms with Gasteiger partial charge >= 0.3 is 0 Å². The Morgan fingerprint density at radius 2 is 1.75 bits per heavy atom. The van der Waals surface area contributed by atoms with Crippen molar-refractivity contribution in [2.24, 2.45) is 0 Å². The third-order valence-corrected chi connectivity index (χ3v) is 3.59. The van der Waals surface area contributed by atoms with Gasteiger partial charge in [0, 0.05) is 23.2 Å². The molecule has 2 aromatic carbocycles. The van der Waals surface area contributed by atoms with Crippen molar-refractivity contribution in [2.45, 2.75) is 19.3 Å². The van der Waals surface area contributed by atoms with Gasteiger partial charge in [-0.25, -0.2) is 0 Å². The average Bonchev–Trinajstić information content (AvgIpc) is 2.49. The number of carbonyl (C=O) groups is 2. The van der Waals surface area contributed by atoms with Crippen LogP contribution in [-0.4, -0.2) is 11.7 Å². The Morgan fingerprint density at radius 1 is 0.950 bits per heavy atom. The summed E-state index contributed by atoms with van der Waals surface area (Å²) in [6.07, 6.45) is 2.29. The zero-order valence-corrected chi connectivity index (χ0v) is 11.1. The van der Waals surface area contributed by atoms with E-state index >= 15 is 0 Å². The molecule has 0 heterocycles. The van der Waals surface area contributed by atoms with Crippen molar-refractivity contribution < 1.29 is 9.59 Å². The normalized spacial score (nSPS) is 13.7. The van der Waals surface area contributed by atoms with E-state index < -0.39 is 0 Å². The highest BCUT2D eigenvalue weighted by molar-refractivity contribution is 6.06. The summed E-state index contributed by atoms with van der Waals surface area (Å²) in [7, 11) is 0. The summed E-state index contributed by atoms with van der Waals surface area (Å²) in [5.74, 6) is 0.0269. The molecule has 1 aliphatic carbocycles.